The molecule has 0 N–H and O–H groups in total. The Morgan fingerprint density at radius 1 is 0.411 bits per heavy atom. The lowest BCUT2D eigenvalue weighted by atomic mass is 9.98. The predicted molar refractivity (Wildman–Crippen MR) is 274 cm³/mol. The summed E-state index contributed by atoms with van der Waals surface area (Å²) in [4.78, 5) is 57.1. The van der Waals surface area contributed by atoms with E-state index in [-0.39, 0.29) is 39.9 Å². The average Bonchev–Trinajstić information content (AvgIpc) is 3.77. The Hall–Kier alpha value is -7.39. The van der Waals surface area contributed by atoms with Gasteiger partial charge in [0.1, 0.15) is 29.8 Å². The van der Waals surface area contributed by atoms with E-state index in [1.807, 2.05) is 91.0 Å². The van der Waals surface area contributed by atoms with Crippen molar-refractivity contribution in [3.05, 3.63) is 251 Å². The lowest BCUT2D eigenvalue weighted by molar-refractivity contribution is -0.273. The minimum absolute atomic E-state index is 0.153. The van der Waals surface area contributed by atoms with E-state index in [2.05, 4.69) is 0 Å². The number of ether oxygens (including phenoxy) is 8. The van der Waals surface area contributed by atoms with Gasteiger partial charge >= 0.3 is 23.9 Å². The van der Waals surface area contributed by atoms with Crippen molar-refractivity contribution >= 4 is 34.8 Å². The lowest BCUT2D eigenvalue weighted by Gasteiger charge is -2.43. The van der Waals surface area contributed by atoms with Crippen molar-refractivity contribution in [2.24, 2.45) is 0 Å². The van der Waals surface area contributed by atoms with Gasteiger partial charge in [-0.1, -0.05) is 164 Å². The molecule has 7 aromatic rings. The molecule has 0 aromatic heterocycles. The maximum Gasteiger partial charge on any atom is 0.340 e. The number of benzene rings is 7. The molecule has 372 valence electrons. The first-order valence-electron chi connectivity index (χ1n) is 24.1. The first-order chi connectivity index (χ1) is 35.9. The molecule has 0 saturated carbocycles. The number of esters is 4. The molecule has 0 bridgehead atoms. The third kappa shape index (κ3) is 13.6. The van der Waals surface area contributed by atoms with E-state index in [1.165, 1.54) is 0 Å². The van der Waals surface area contributed by atoms with Crippen LogP contribution in [0.15, 0.2) is 212 Å². The quantitative estimate of drug-likeness (QED) is 0.0408. The van der Waals surface area contributed by atoms with E-state index < -0.39 is 77.7 Å². The van der Waals surface area contributed by atoms with Gasteiger partial charge in [0.2, 0.25) is 12.4 Å². The molecule has 13 heteroatoms. The van der Waals surface area contributed by atoms with Gasteiger partial charge in [-0.3, -0.25) is 0 Å². The molecular formula is C60H55O12S+. The van der Waals surface area contributed by atoms with Crippen molar-refractivity contribution in [2.75, 3.05) is 18.1 Å². The van der Waals surface area contributed by atoms with E-state index in [0.29, 0.717) is 25.6 Å². The van der Waals surface area contributed by atoms with E-state index >= 15 is 0 Å². The van der Waals surface area contributed by atoms with Crippen LogP contribution < -0.4 is 0 Å². The molecule has 0 radical (unpaired) electrons. The normalized spacial score (nSPS) is 22.4. The zero-order valence-corrected chi connectivity index (χ0v) is 40.7. The smallest absolute Gasteiger partial charge is 0.340 e. The van der Waals surface area contributed by atoms with E-state index in [4.69, 9.17) is 37.9 Å². The van der Waals surface area contributed by atoms with Crippen LogP contribution in [0.3, 0.4) is 0 Å². The number of hydrogen-bond donors (Lipinski definition) is 0. The summed E-state index contributed by atoms with van der Waals surface area (Å²) in [6.07, 6.45) is -8.44. The third-order valence-corrected chi connectivity index (χ3v) is 15.3. The van der Waals surface area contributed by atoms with Crippen LogP contribution in [0.25, 0.3) is 0 Å². The summed E-state index contributed by atoms with van der Waals surface area (Å²) in [7, 11) is -0.735. The summed E-state index contributed by atoms with van der Waals surface area (Å²) >= 11 is 0. The van der Waals surface area contributed by atoms with Crippen LogP contribution in [0.5, 0.6) is 0 Å². The van der Waals surface area contributed by atoms with Gasteiger partial charge in [0.15, 0.2) is 17.5 Å². The first kappa shape index (κ1) is 50.5. The van der Waals surface area contributed by atoms with Gasteiger partial charge in [-0.25, -0.2) is 19.2 Å². The molecule has 7 aromatic carbocycles. The summed E-state index contributed by atoms with van der Waals surface area (Å²) in [5.41, 5.74) is 3.70. The molecule has 2 unspecified atom stereocenters. The summed E-state index contributed by atoms with van der Waals surface area (Å²) in [6.45, 7) is 1.19. The molecule has 0 aliphatic carbocycles. The maximum absolute atomic E-state index is 14.4. The van der Waals surface area contributed by atoms with Gasteiger partial charge in [0.05, 0.1) is 48.7 Å². The summed E-state index contributed by atoms with van der Waals surface area (Å²) in [6, 6.07) is 62.8. The first-order valence-corrected chi connectivity index (χ1v) is 25.8. The van der Waals surface area contributed by atoms with E-state index in [1.54, 1.807) is 121 Å². The Balaban J connectivity index is 1.12. The van der Waals surface area contributed by atoms with Crippen molar-refractivity contribution in [1.82, 2.24) is 0 Å². The highest BCUT2D eigenvalue weighted by Crippen LogP contribution is 2.37. The second kappa shape index (κ2) is 25.3. The fraction of sp³-hybridized carbons (Fsp3) is 0.233. The Bertz CT molecular complexity index is 2830. The largest absolute Gasteiger partial charge is 0.452 e. The minimum atomic E-state index is -1.68. The average molecular weight is 1000 g/mol. The number of hydrogen-bond acceptors (Lipinski definition) is 12. The molecule has 2 fully saturated rings. The highest BCUT2D eigenvalue weighted by atomic mass is 32.2. The summed E-state index contributed by atoms with van der Waals surface area (Å²) in [5.74, 6) is -2.55. The molecule has 9 rings (SSSR count). The van der Waals surface area contributed by atoms with E-state index in [9.17, 15) is 19.2 Å². The Morgan fingerprint density at radius 2 is 0.781 bits per heavy atom. The minimum Gasteiger partial charge on any atom is -0.452 e. The molecule has 2 aliphatic heterocycles. The SMILES string of the molecule is O=C(OC1O[C@H](C[S+]2C[C@@H](OCc3ccccc3)[C@H](OCc3ccccc3)[C@H]2COCc2ccccc2)[C@@H](OC(=O)c2ccccc2)[C@H](OC(=O)c2ccccc2)[C@H]1OC(=O)c1ccccc1)c1ccccc1. The van der Waals surface area contributed by atoms with Crippen molar-refractivity contribution in [2.45, 2.75) is 68.0 Å². The highest BCUT2D eigenvalue weighted by molar-refractivity contribution is 7.97. The standard InChI is InChI=1S/C60H55O12S/c61-56(45-28-14-4-15-29-45)69-53-50(41-73-40-49(66-37-43-24-10-2-11-25-43)52(67-38-44-26-12-3-13-27-44)51(73)39-65-36-42-22-8-1-9-23-42)68-60(72-59(64)48-34-20-7-21-35-48)55(71-58(63)47-32-18-6-19-33-47)54(53)70-57(62)46-30-16-5-17-31-46/h1-35,49-55,60H,36-41H2/q+1/t49-,50-,51-,52+,53-,54+,55-,60?,73?/m1/s1. The predicted octanol–water partition coefficient (Wildman–Crippen LogP) is 9.63. The molecule has 0 spiro atoms. The Labute approximate surface area is 427 Å². The molecule has 9 atom stereocenters. The van der Waals surface area contributed by atoms with Gasteiger partial charge in [0.25, 0.3) is 0 Å². The zero-order chi connectivity index (χ0) is 50.2. The molecule has 73 heavy (non-hydrogen) atoms. The van der Waals surface area contributed by atoms with Crippen LogP contribution in [0.4, 0.5) is 0 Å². The second-order valence-corrected chi connectivity index (χ2v) is 19.9. The molecular weight excluding hydrogens is 945 g/mol. The van der Waals surface area contributed by atoms with Crippen molar-refractivity contribution in [3.8, 4) is 0 Å². The topological polar surface area (TPSA) is 142 Å². The van der Waals surface area contributed by atoms with Crippen molar-refractivity contribution < 1.29 is 57.1 Å². The zero-order valence-electron chi connectivity index (χ0n) is 39.9. The van der Waals surface area contributed by atoms with Crippen LogP contribution in [0.1, 0.15) is 58.1 Å². The third-order valence-electron chi connectivity index (χ3n) is 12.5. The molecule has 0 amide bonds. The lowest BCUT2D eigenvalue weighted by Crippen LogP contribution is -2.64. The van der Waals surface area contributed by atoms with E-state index in [0.717, 1.165) is 16.7 Å². The van der Waals surface area contributed by atoms with Gasteiger partial charge in [0, 0.05) is 10.9 Å². The number of carbonyl (C=O) groups is 4. The van der Waals surface area contributed by atoms with Crippen molar-refractivity contribution in [3.63, 3.8) is 0 Å². The number of carbonyl (C=O) groups excluding carboxylic acids is 4. The van der Waals surface area contributed by atoms with Crippen LogP contribution >= 0.6 is 0 Å². The monoisotopic (exact) mass is 999 g/mol. The second-order valence-electron chi connectivity index (χ2n) is 17.5. The van der Waals surface area contributed by atoms with Crippen LogP contribution in [-0.4, -0.2) is 90.2 Å². The summed E-state index contributed by atoms with van der Waals surface area (Å²) in [5, 5.41) is -0.313. The summed E-state index contributed by atoms with van der Waals surface area (Å²) < 4.78 is 52.5. The fourth-order valence-corrected chi connectivity index (χ4v) is 11.7. The van der Waals surface area contributed by atoms with Crippen LogP contribution in [0.2, 0.25) is 0 Å². The number of rotatable bonds is 20. The molecule has 2 aliphatic rings. The molecule has 2 saturated heterocycles. The molecule has 2 heterocycles. The Morgan fingerprint density at radius 3 is 1.23 bits per heavy atom. The molecule has 12 nitrogen and oxygen atoms in total. The maximum atomic E-state index is 14.4. The van der Waals surface area contributed by atoms with Gasteiger partial charge in [-0.05, 0) is 65.2 Å². The fourth-order valence-electron chi connectivity index (χ4n) is 8.78. The Kier molecular flexibility index (Phi) is 17.5. The van der Waals surface area contributed by atoms with Crippen LogP contribution in [0, 0.1) is 0 Å². The van der Waals surface area contributed by atoms with Crippen LogP contribution in [-0.2, 0) is 68.6 Å². The van der Waals surface area contributed by atoms with Gasteiger partial charge in [-0.2, -0.15) is 0 Å². The van der Waals surface area contributed by atoms with Crippen molar-refractivity contribution in [1.29, 1.82) is 0 Å². The highest BCUT2D eigenvalue weighted by Gasteiger charge is 2.59. The van der Waals surface area contributed by atoms with Gasteiger partial charge < -0.3 is 37.9 Å². The van der Waals surface area contributed by atoms with Gasteiger partial charge in [-0.15, -0.1) is 0 Å².